The SMILES string of the molecule is C=CC[C@H]1CC[C@H]2CC[C@@H]([C@@H]1C#N)N2Cc1ccccc1. The number of nitriles is 1. The van der Waals surface area contributed by atoms with Crippen LogP contribution in [0.4, 0.5) is 0 Å². The van der Waals surface area contributed by atoms with E-state index in [9.17, 15) is 5.26 Å². The largest absolute Gasteiger partial charge is 0.292 e. The molecule has 3 rings (SSSR count). The second-order valence-corrected chi connectivity index (χ2v) is 6.47. The van der Waals surface area contributed by atoms with Gasteiger partial charge in [0.25, 0.3) is 0 Å². The summed E-state index contributed by atoms with van der Waals surface area (Å²) in [4.78, 5) is 2.62. The summed E-state index contributed by atoms with van der Waals surface area (Å²) >= 11 is 0. The average Bonchev–Trinajstić information content (AvgIpc) is 2.82. The Kier molecular flexibility index (Phi) is 4.41. The summed E-state index contributed by atoms with van der Waals surface area (Å²) in [7, 11) is 0. The van der Waals surface area contributed by atoms with E-state index in [2.05, 4.69) is 47.9 Å². The van der Waals surface area contributed by atoms with Crippen molar-refractivity contribution in [1.82, 2.24) is 4.90 Å². The molecule has 2 heteroatoms. The third-order valence-corrected chi connectivity index (χ3v) is 5.31. The van der Waals surface area contributed by atoms with Crippen LogP contribution in [0, 0.1) is 23.2 Å². The molecule has 1 aromatic carbocycles. The van der Waals surface area contributed by atoms with E-state index in [-0.39, 0.29) is 5.92 Å². The van der Waals surface area contributed by atoms with Crippen LogP contribution in [0.25, 0.3) is 0 Å². The molecule has 2 aliphatic heterocycles. The van der Waals surface area contributed by atoms with E-state index in [1.165, 1.54) is 31.2 Å². The van der Waals surface area contributed by atoms with Crippen LogP contribution in [0.1, 0.15) is 37.7 Å². The molecule has 0 aliphatic carbocycles. The smallest absolute Gasteiger partial charge is 0.0675 e. The number of benzene rings is 1. The predicted molar refractivity (Wildman–Crippen MR) is 85.4 cm³/mol. The first-order valence-corrected chi connectivity index (χ1v) is 8.13. The zero-order valence-corrected chi connectivity index (χ0v) is 12.6. The Labute approximate surface area is 128 Å². The van der Waals surface area contributed by atoms with Crippen molar-refractivity contribution >= 4 is 0 Å². The summed E-state index contributed by atoms with van der Waals surface area (Å²) < 4.78 is 0. The fourth-order valence-corrected chi connectivity index (χ4v) is 4.27. The van der Waals surface area contributed by atoms with Gasteiger partial charge in [-0.15, -0.1) is 6.58 Å². The first kappa shape index (κ1) is 14.4. The Morgan fingerprint density at radius 2 is 1.95 bits per heavy atom. The van der Waals surface area contributed by atoms with Crippen molar-refractivity contribution < 1.29 is 0 Å². The molecule has 0 aromatic heterocycles. The molecule has 0 spiro atoms. The maximum atomic E-state index is 9.71. The summed E-state index contributed by atoms with van der Waals surface area (Å²) in [6.45, 7) is 4.88. The van der Waals surface area contributed by atoms with E-state index in [4.69, 9.17) is 0 Å². The van der Waals surface area contributed by atoms with Crippen LogP contribution in [0.2, 0.25) is 0 Å². The van der Waals surface area contributed by atoms with Gasteiger partial charge in [-0.1, -0.05) is 36.4 Å². The van der Waals surface area contributed by atoms with Gasteiger partial charge in [-0.2, -0.15) is 5.26 Å². The molecule has 2 bridgehead atoms. The number of nitrogens with zero attached hydrogens (tertiary/aromatic N) is 2. The highest BCUT2D eigenvalue weighted by atomic mass is 15.2. The zero-order chi connectivity index (χ0) is 14.7. The van der Waals surface area contributed by atoms with Gasteiger partial charge in [0, 0.05) is 18.6 Å². The highest BCUT2D eigenvalue weighted by Crippen LogP contribution is 2.42. The number of hydrogen-bond acceptors (Lipinski definition) is 2. The topological polar surface area (TPSA) is 27.0 Å². The number of hydrogen-bond donors (Lipinski definition) is 0. The van der Waals surface area contributed by atoms with Crippen molar-refractivity contribution in [2.24, 2.45) is 11.8 Å². The number of rotatable bonds is 4. The number of allylic oxidation sites excluding steroid dienone is 1. The van der Waals surface area contributed by atoms with Crippen molar-refractivity contribution in [3.05, 3.63) is 48.6 Å². The summed E-state index contributed by atoms with van der Waals surface area (Å²) in [6.07, 6.45) is 7.84. The standard InChI is InChI=1S/C19H24N2/c1-2-6-16-9-10-17-11-12-19(18(16)13-20)21(17)14-15-7-4-3-5-8-15/h2-5,7-8,16-19H,1,6,9-12,14H2/t16-,17-,18+,19-/m0/s1. The van der Waals surface area contributed by atoms with Crippen LogP contribution in [0.15, 0.2) is 43.0 Å². The second-order valence-electron chi connectivity index (χ2n) is 6.47. The Balaban J connectivity index is 1.81. The predicted octanol–water partition coefficient (Wildman–Crippen LogP) is 4.15. The van der Waals surface area contributed by atoms with E-state index in [1.807, 2.05) is 6.08 Å². The quantitative estimate of drug-likeness (QED) is 0.775. The van der Waals surface area contributed by atoms with Crippen molar-refractivity contribution in [2.45, 2.75) is 50.7 Å². The monoisotopic (exact) mass is 280 g/mol. The minimum atomic E-state index is 0.166. The second kappa shape index (κ2) is 6.45. The summed E-state index contributed by atoms with van der Waals surface area (Å²) in [5.41, 5.74) is 1.37. The first-order valence-electron chi connectivity index (χ1n) is 8.13. The molecule has 2 aliphatic rings. The highest BCUT2D eigenvalue weighted by Gasteiger charge is 2.43. The van der Waals surface area contributed by atoms with Crippen LogP contribution in [-0.4, -0.2) is 17.0 Å². The molecule has 0 saturated carbocycles. The fourth-order valence-electron chi connectivity index (χ4n) is 4.27. The normalized spacial score (nSPS) is 32.3. The molecule has 110 valence electrons. The zero-order valence-electron chi connectivity index (χ0n) is 12.6. The fraction of sp³-hybridized carbons (Fsp3) is 0.526. The van der Waals surface area contributed by atoms with Gasteiger partial charge in [0.2, 0.25) is 0 Å². The average molecular weight is 280 g/mol. The Hall–Kier alpha value is -1.59. The van der Waals surface area contributed by atoms with Crippen molar-refractivity contribution in [3.63, 3.8) is 0 Å². The lowest BCUT2D eigenvalue weighted by atomic mass is 9.80. The molecule has 2 saturated heterocycles. The maximum Gasteiger partial charge on any atom is 0.0675 e. The maximum absolute atomic E-state index is 9.71. The van der Waals surface area contributed by atoms with Crippen molar-refractivity contribution in [2.75, 3.05) is 0 Å². The molecule has 0 N–H and O–H groups in total. The minimum absolute atomic E-state index is 0.166. The summed E-state index contributed by atoms with van der Waals surface area (Å²) in [5.74, 6) is 0.667. The van der Waals surface area contributed by atoms with E-state index in [0.717, 1.165) is 13.0 Å². The van der Waals surface area contributed by atoms with Crippen LogP contribution >= 0.6 is 0 Å². The van der Waals surface area contributed by atoms with Crippen molar-refractivity contribution in [1.29, 1.82) is 5.26 Å². The molecule has 2 heterocycles. The molecule has 0 radical (unpaired) electrons. The van der Waals surface area contributed by atoms with E-state index < -0.39 is 0 Å². The van der Waals surface area contributed by atoms with Crippen molar-refractivity contribution in [3.8, 4) is 6.07 Å². The van der Waals surface area contributed by atoms with Crippen LogP contribution in [0.3, 0.4) is 0 Å². The van der Waals surface area contributed by atoms with Crippen LogP contribution < -0.4 is 0 Å². The molecular weight excluding hydrogens is 256 g/mol. The lowest BCUT2D eigenvalue weighted by molar-refractivity contribution is 0.158. The molecule has 0 unspecified atom stereocenters. The highest BCUT2D eigenvalue weighted by molar-refractivity contribution is 5.16. The van der Waals surface area contributed by atoms with Gasteiger partial charge in [0.05, 0.1) is 12.0 Å². The third-order valence-electron chi connectivity index (χ3n) is 5.31. The number of fused-ring (bicyclic) bond motifs is 2. The van der Waals surface area contributed by atoms with Gasteiger partial charge in [0.1, 0.15) is 0 Å². The van der Waals surface area contributed by atoms with Gasteiger partial charge in [-0.05, 0) is 43.6 Å². The molecule has 4 atom stereocenters. The van der Waals surface area contributed by atoms with Gasteiger partial charge in [-0.3, -0.25) is 4.90 Å². The molecule has 2 nitrogen and oxygen atoms in total. The van der Waals surface area contributed by atoms with E-state index in [1.54, 1.807) is 0 Å². The summed E-state index contributed by atoms with van der Waals surface area (Å²) in [5, 5.41) is 9.71. The van der Waals surface area contributed by atoms with Gasteiger partial charge < -0.3 is 0 Å². The molecule has 2 fully saturated rings. The van der Waals surface area contributed by atoms with Crippen LogP contribution in [-0.2, 0) is 6.54 Å². The van der Waals surface area contributed by atoms with E-state index in [0.29, 0.717) is 18.0 Å². The molecule has 21 heavy (non-hydrogen) atoms. The minimum Gasteiger partial charge on any atom is -0.292 e. The Morgan fingerprint density at radius 3 is 2.67 bits per heavy atom. The lowest BCUT2D eigenvalue weighted by Gasteiger charge is -2.31. The first-order chi connectivity index (χ1) is 10.3. The molecular formula is C19H24N2. The van der Waals surface area contributed by atoms with Crippen LogP contribution in [0.5, 0.6) is 0 Å². The lowest BCUT2D eigenvalue weighted by Crippen LogP contribution is -2.38. The molecule has 1 aromatic rings. The van der Waals surface area contributed by atoms with Gasteiger partial charge in [0.15, 0.2) is 0 Å². The summed E-state index contributed by atoms with van der Waals surface area (Å²) in [6, 6.07) is 14.4. The molecule has 0 amide bonds. The van der Waals surface area contributed by atoms with E-state index >= 15 is 0 Å². The Morgan fingerprint density at radius 1 is 1.19 bits per heavy atom. The third kappa shape index (κ3) is 2.89. The Bertz CT molecular complexity index is 516. The van der Waals surface area contributed by atoms with Gasteiger partial charge in [-0.25, -0.2) is 0 Å². The van der Waals surface area contributed by atoms with Gasteiger partial charge >= 0.3 is 0 Å².